The number of primary amides is 1. The standard InChI is InChI=1S/C32H34ClN5O3/c1-21-7-9-23(10-8-21)17-38-20-35-16-25(38)18-37-19-32(2,3)41-29-26(5-4-6-28(29)37)31(40)36-27(30(34)39)15-22-11-13-24(33)14-12-22/h4-14,16,20,27H,15,17-19H2,1-3H3,(H2,34,39)(H,36,40). The van der Waals surface area contributed by atoms with Gasteiger partial charge >= 0.3 is 0 Å². The van der Waals surface area contributed by atoms with Crippen LogP contribution < -0.4 is 20.7 Å². The van der Waals surface area contributed by atoms with Crippen LogP contribution >= 0.6 is 11.6 Å². The van der Waals surface area contributed by atoms with Crippen LogP contribution in [0.25, 0.3) is 0 Å². The molecule has 2 heterocycles. The van der Waals surface area contributed by atoms with Gasteiger partial charge in [0.25, 0.3) is 5.91 Å². The molecule has 5 rings (SSSR count). The molecule has 8 nitrogen and oxygen atoms in total. The third-order valence-corrected chi connectivity index (χ3v) is 7.41. The summed E-state index contributed by atoms with van der Waals surface area (Å²) >= 11 is 5.99. The van der Waals surface area contributed by atoms with Gasteiger partial charge in [0.15, 0.2) is 5.75 Å². The van der Waals surface area contributed by atoms with Gasteiger partial charge in [-0.25, -0.2) is 4.98 Å². The number of hydrogen-bond acceptors (Lipinski definition) is 5. The number of rotatable bonds is 9. The van der Waals surface area contributed by atoms with Gasteiger partial charge in [0.2, 0.25) is 5.91 Å². The summed E-state index contributed by atoms with van der Waals surface area (Å²) in [6, 6.07) is 20.1. The highest BCUT2D eigenvalue weighted by Gasteiger charge is 2.35. The van der Waals surface area contributed by atoms with Crippen LogP contribution in [0.3, 0.4) is 0 Å². The number of nitrogens with zero attached hydrogens (tertiary/aromatic N) is 3. The quantitative estimate of drug-likeness (QED) is 0.297. The van der Waals surface area contributed by atoms with Gasteiger partial charge in [-0.15, -0.1) is 0 Å². The molecule has 2 amide bonds. The number of carbonyl (C=O) groups excluding carboxylic acids is 2. The Bertz CT molecular complexity index is 1550. The number of amides is 2. The molecule has 1 aliphatic heterocycles. The fourth-order valence-corrected chi connectivity index (χ4v) is 5.20. The van der Waals surface area contributed by atoms with Crippen molar-refractivity contribution in [3.63, 3.8) is 0 Å². The van der Waals surface area contributed by atoms with Gasteiger partial charge in [-0.2, -0.15) is 0 Å². The largest absolute Gasteiger partial charge is 0.483 e. The van der Waals surface area contributed by atoms with Crippen molar-refractivity contribution in [2.75, 3.05) is 11.4 Å². The summed E-state index contributed by atoms with van der Waals surface area (Å²) < 4.78 is 8.51. The summed E-state index contributed by atoms with van der Waals surface area (Å²) in [5.41, 5.74) is 10.5. The molecule has 0 spiro atoms. The second-order valence-electron chi connectivity index (χ2n) is 11.1. The zero-order valence-electron chi connectivity index (χ0n) is 23.4. The van der Waals surface area contributed by atoms with E-state index < -0.39 is 23.5 Å². The van der Waals surface area contributed by atoms with E-state index in [2.05, 4.69) is 51.0 Å². The fraction of sp³-hybridized carbons (Fsp3) is 0.281. The summed E-state index contributed by atoms with van der Waals surface area (Å²) in [7, 11) is 0. The van der Waals surface area contributed by atoms with E-state index in [0.29, 0.717) is 36.0 Å². The molecule has 0 fully saturated rings. The monoisotopic (exact) mass is 571 g/mol. The predicted molar refractivity (Wildman–Crippen MR) is 160 cm³/mol. The molecule has 0 saturated carbocycles. The lowest BCUT2D eigenvalue weighted by Crippen LogP contribution is -2.48. The minimum atomic E-state index is -0.900. The number of aromatic nitrogens is 2. The Morgan fingerprint density at radius 3 is 2.46 bits per heavy atom. The highest BCUT2D eigenvalue weighted by Crippen LogP contribution is 2.40. The zero-order valence-corrected chi connectivity index (χ0v) is 24.2. The molecule has 41 heavy (non-hydrogen) atoms. The number of halogens is 1. The fourth-order valence-electron chi connectivity index (χ4n) is 5.08. The number of ether oxygens (including phenoxy) is 1. The topological polar surface area (TPSA) is 102 Å². The van der Waals surface area contributed by atoms with Gasteiger partial charge in [0, 0.05) is 24.2 Å². The third-order valence-electron chi connectivity index (χ3n) is 7.16. The molecule has 4 aromatic rings. The van der Waals surface area contributed by atoms with Crippen LogP contribution in [-0.4, -0.2) is 39.6 Å². The number of carbonyl (C=O) groups is 2. The van der Waals surface area contributed by atoms with Crippen LogP contribution in [0.2, 0.25) is 5.02 Å². The molecule has 3 N–H and O–H groups in total. The number of aryl methyl sites for hydroxylation is 1. The molecule has 1 atom stereocenters. The number of hydrogen-bond donors (Lipinski definition) is 2. The molecular formula is C32H34ClN5O3. The van der Waals surface area contributed by atoms with Crippen molar-refractivity contribution < 1.29 is 14.3 Å². The molecule has 0 saturated heterocycles. The van der Waals surface area contributed by atoms with E-state index in [1.54, 1.807) is 18.2 Å². The Morgan fingerprint density at radius 1 is 1.05 bits per heavy atom. The molecule has 1 aliphatic rings. The number of para-hydroxylation sites is 1. The van der Waals surface area contributed by atoms with Gasteiger partial charge in [0.05, 0.1) is 36.4 Å². The van der Waals surface area contributed by atoms with Crippen molar-refractivity contribution in [2.45, 2.75) is 51.9 Å². The number of nitrogens with two attached hydrogens (primary N) is 1. The lowest BCUT2D eigenvalue weighted by atomic mass is 10.0. The minimum Gasteiger partial charge on any atom is -0.483 e. The van der Waals surface area contributed by atoms with Crippen molar-refractivity contribution in [3.05, 3.63) is 112 Å². The molecule has 9 heteroatoms. The maximum atomic E-state index is 13.5. The molecule has 212 valence electrons. The molecule has 1 unspecified atom stereocenters. The minimum absolute atomic E-state index is 0.247. The van der Waals surface area contributed by atoms with Gasteiger partial charge in [0.1, 0.15) is 11.6 Å². The summed E-state index contributed by atoms with van der Waals surface area (Å²) in [4.78, 5) is 32.4. The molecule has 3 aromatic carbocycles. The summed E-state index contributed by atoms with van der Waals surface area (Å²) in [5, 5.41) is 3.40. The molecule has 1 aromatic heterocycles. The first-order valence-corrected chi connectivity index (χ1v) is 13.9. The van der Waals surface area contributed by atoms with Gasteiger partial charge in [-0.1, -0.05) is 59.6 Å². The van der Waals surface area contributed by atoms with E-state index in [1.165, 1.54) is 11.1 Å². The normalized spacial score (nSPS) is 14.6. The van der Waals surface area contributed by atoms with Crippen LogP contribution in [0.5, 0.6) is 5.75 Å². The molecular weight excluding hydrogens is 538 g/mol. The Labute approximate surface area is 245 Å². The lowest BCUT2D eigenvalue weighted by Gasteiger charge is -2.41. The Morgan fingerprint density at radius 2 is 1.76 bits per heavy atom. The van der Waals surface area contributed by atoms with E-state index in [1.807, 2.05) is 50.6 Å². The smallest absolute Gasteiger partial charge is 0.255 e. The lowest BCUT2D eigenvalue weighted by molar-refractivity contribution is -0.119. The van der Waals surface area contributed by atoms with E-state index >= 15 is 0 Å². The van der Waals surface area contributed by atoms with Crippen molar-refractivity contribution in [3.8, 4) is 5.75 Å². The van der Waals surface area contributed by atoms with Crippen molar-refractivity contribution in [2.24, 2.45) is 5.73 Å². The first-order valence-electron chi connectivity index (χ1n) is 13.5. The molecule has 0 radical (unpaired) electrons. The SMILES string of the molecule is Cc1ccc(Cn2cncc2CN2CC(C)(C)Oc3c(C(=O)NC(Cc4ccc(Cl)cc4)C(N)=O)cccc32)cc1. The van der Waals surface area contributed by atoms with E-state index in [9.17, 15) is 9.59 Å². The first kappa shape index (κ1) is 28.2. The molecule has 0 bridgehead atoms. The predicted octanol–water partition coefficient (Wildman–Crippen LogP) is 4.90. The van der Waals surface area contributed by atoms with E-state index in [0.717, 1.165) is 16.9 Å². The first-order chi connectivity index (χ1) is 19.6. The number of imidazole rings is 1. The summed E-state index contributed by atoms with van der Waals surface area (Å²) in [6.07, 6.45) is 3.97. The van der Waals surface area contributed by atoms with Crippen LogP contribution in [0, 0.1) is 6.92 Å². The van der Waals surface area contributed by atoms with Gasteiger partial charge < -0.3 is 25.3 Å². The number of benzene rings is 3. The van der Waals surface area contributed by atoms with Crippen molar-refractivity contribution in [1.29, 1.82) is 0 Å². The van der Waals surface area contributed by atoms with Crippen LogP contribution in [0.1, 0.15) is 46.6 Å². The molecule has 0 aliphatic carbocycles. The van der Waals surface area contributed by atoms with E-state index in [4.69, 9.17) is 22.1 Å². The average molecular weight is 572 g/mol. The summed E-state index contributed by atoms with van der Waals surface area (Å²) in [6.45, 7) is 7.97. The number of fused-ring (bicyclic) bond motifs is 1. The Kier molecular flexibility index (Phi) is 8.03. The van der Waals surface area contributed by atoms with Gasteiger partial charge in [-0.3, -0.25) is 9.59 Å². The number of nitrogens with one attached hydrogen (secondary N) is 1. The Balaban J connectivity index is 1.39. The maximum Gasteiger partial charge on any atom is 0.255 e. The van der Waals surface area contributed by atoms with Crippen LogP contribution in [-0.2, 0) is 24.3 Å². The highest BCUT2D eigenvalue weighted by molar-refractivity contribution is 6.30. The van der Waals surface area contributed by atoms with Crippen molar-refractivity contribution >= 4 is 29.1 Å². The third kappa shape index (κ3) is 6.72. The number of anilines is 1. The maximum absolute atomic E-state index is 13.5. The Hall–Kier alpha value is -4.30. The average Bonchev–Trinajstić information content (AvgIpc) is 3.36. The van der Waals surface area contributed by atoms with Crippen molar-refractivity contribution in [1.82, 2.24) is 14.9 Å². The van der Waals surface area contributed by atoms with Crippen LogP contribution in [0.4, 0.5) is 5.69 Å². The second-order valence-corrected chi connectivity index (χ2v) is 11.6. The van der Waals surface area contributed by atoms with Gasteiger partial charge in [-0.05, 0) is 56.2 Å². The van der Waals surface area contributed by atoms with Crippen LogP contribution in [0.15, 0.2) is 79.3 Å². The van der Waals surface area contributed by atoms with E-state index in [-0.39, 0.29) is 6.42 Å². The second kappa shape index (κ2) is 11.7. The zero-order chi connectivity index (χ0) is 29.1. The summed E-state index contributed by atoms with van der Waals surface area (Å²) in [5.74, 6) is -0.579. The highest BCUT2D eigenvalue weighted by atomic mass is 35.5.